The van der Waals surface area contributed by atoms with Gasteiger partial charge in [-0.2, -0.15) is 0 Å². The molecule has 3 rings (SSSR count). The number of aromatic nitrogens is 3. The quantitative estimate of drug-likeness (QED) is 0.830. The van der Waals surface area contributed by atoms with Crippen molar-refractivity contribution in [1.29, 1.82) is 0 Å². The van der Waals surface area contributed by atoms with Gasteiger partial charge in [0.05, 0.1) is 10.7 Å². The van der Waals surface area contributed by atoms with Crippen molar-refractivity contribution in [3.05, 3.63) is 46.5 Å². The molecule has 0 unspecified atom stereocenters. The molecule has 5 nitrogen and oxygen atoms in total. The van der Waals surface area contributed by atoms with Crippen LogP contribution in [0.2, 0.25) is 0 Å². The Balaban J connectivity index is 2.09. The van der Waals surface area contributed by atoms with Crippen molar-refractivity contribution in [2.24, 2.45) is 7.05 Å². The first-order valence-corrected chi connectivity index (χ1v) is 9.37. The average Bonchev–Trinajstić information content (AvgIpc) is 2.73. The molecule has 2 aromatic rings. The van der Waals surface area contributed by atoms with E-state index in [1.807, 2.05) is 35.9 Å². The molecule has 1 aromatic carbocycles. The van der Waals surface area contributed by atoms with Crippen LogP contribution in [0, 0.1) is 0 Å². The smallest absolute Gasteiger partial charge is 0.150 e. The lowest BCUT2D eigenvalue weighted by atomic mass is 9.63. The maximum atomic E-state index is 11.8. The summed E-state index contributed by atoms with van der Waals surface area (Å²) in [6, 6.07) is 7.98. The lowest BCUT2D eigenvalue weighted by Gasteiger charge is -2.46. The Labute approximate surface area is 132 Å². The van der Waals surface area contributed by atoms with Gasteiger partial charge in [0.15, 0.2) is 0 Å². The van der Waals surface area contributed by atoms with Crippen molar-refractivity contribution in [3.8, 4) is 0 Å². The molecule has 7 heteroatoms. The first kappa shape index (κ1) is 14.7. The molecule has 0 bridgehead atoms. The van der Waals surface area contributed by atoms with Crippen LogP contribution in [0.15, 0.2) is 35.1 Å². The molecule has 21 heavy (non-hydrogen) atoms. The van der Waals surface area contributed by atoms with Crippen molar-refractivity contribution in [1.82, 2.24) is 14.8 Å². The average molecular weight is 370 g/mol. The second kappa shape index (κ2) is 4.91. The highest BCUT2D eigenvalue weighted by atomic mass is 79.9. The van der Waals surface area contributed by atoms with Gasteiger partial charge < -0.3 is 4.57 Å². The minimum atomic E-state index is -3.03. The third-order valence-corrected chi connectivity index (χ3v) is 6.31. The van der Waals surface area contributed by atoms with Crippen molar-refractivity contribution in [2.45, 2.75) is 23.5 Å². The van der Waals surface area contributed by atoms with Gasteiger partial charge in [-0.3, -0.25) is 0 Å². The Morgan fingerprint density at radius 2 is 2.10 bits per heavy atom. The second-order valence-electron chi connectivity index (χ2n) is 5.72. The Hall–Kier alpha value is -1.21. The standard InChI is InChI=1S/C14H16BrN3O2S/c1-18-9-16-17-13(18)14(7-12(8-14)21(2,19)20)10-4-3-5-11(15)6-10/h3-6,9,12H,7-8H2,1-2H3. The van der Waals surface area contributed by atoms with Crippen LogP contribution in [0.25, 0.3) is 0 Å². The molecule has 0 spiro atoms. The number of rotatable bonds is 3. The maximum absolute atomic E-state index is 11.8. The monoisotopic (exact) mass is 369 g/mol. The van der Waals surface area contributed by atoms with Crippen molar-refractivity contribution in [3.63, 3.8) is 0 Å². The summed E-state index contributed by atoms with van der Waals surface area (Å²) in [5.74, 6) is 0.820. The van der Waals surface area contributed by atoms with Gasteiger partial charge in [0.25, 0.3) is 0 Å². The predicted molar refractivity (Wildman–Crippen MR) is 83.8 cm³/mol. The van der Waals surface area contributed by atoms with Gasteiger partial charge >= 0.3 is 0 Å². The predicted octanol–water partition coefficient (Wildman–Crippen LogP) is 2.07. The number of sulfone groups is 1. The fourth-order valence-corrected chi connectivity index (χ4v) is 4.64. The lowest BCUT2D eigenvalue weighted by molar-refractivity contribution is 0.280. The summed E-state index contributed by atoms with van der Waals surface area (Å²) in [6.07, 6.45) is 4.06. The molecule has 0 amide bonds. The van der Waals surface area contributed by atoms with E-state index in [9.17, 15) is 8.42 Å². The SMILES string of the molecule is Cn1cnnc1C1(c2cccc(Br)c2)CC(S(C)(=O)=O)C1. The fraction of sp³-hybridized carbons (Fsp3) is 0.429. The number of hydrogen-bond donors (Lipinski definition) is 0. The van der Waals surface area contributed by atoms with E-state index in [-0.39, 0.29) is 10.7 Å². The van der Waals surface area contributed by atoms with E-state index in [0.29, 0.717) is 12.8 Å². The van der Waals surface area contributed by atoms with Crippen LogP contribution >= 0.6 is 15.9 Å². The van der Waals surface area contributed by atoms with Gasteiger partial charge in [-0.25, -0.2) is 8.42 Å². The van der Waals surface area contributed by atoms with Crippen molar-refractivity contribution in [2.75, 3.05) is 6.26 Å². The van der Waals surface area contributed by atoms with E-state index in [0.717, 1.165) is 15.9 Å². The molecule has 1 fully saturated rings. The normalized spacial score (nSPS) is 25.6. The van der Waals surface area contributed by atoms with E-state index in [1.165, 1.54) is 6.26 Å². The Morgan fingerprint density at radius 1 is 1.38 bits per heavy atom. The summed E-state index contributed by atoms with van der Waals surface area (Å²) in [6.45, 7) is 0. The lowest BCUT2D eigenvalue weighted by Crippen LogP contribution is -2.50. The van der Waals surface area contributed by atoms with E-state index in [2.05, 4.69) is 26.1 Å². The van der Waals surface area contributed by atoms with Crippen LogP contribution < -0.4 is 0 Å². The third-order valence-electron chi connectivity index (χ3n) is 4.27. The summed E-state index contributed by atoms with van der Waals surface area (Å²) in [5, 5.41) is 7.88. The molecule has 1 aliphatic rings. The third kappa shape index (κ3) is 2.42. The van der Waals surface area contributed by atoms with Gasteiger partial charge in [0.2, 0.25) is 0 Å². The van der Waals surface area contributed by atoms with E-state index >= 15 is 0 Å². The van der Waals surface area contributed by atoms with Gasteiger partial charge in [-0.05, 0) is 30.5 Å². The van der Waals surface area contributed by atoms with E-state index in [4.69, 9.17) is 0 Å². The number of aryl methyl sites for hydroxylation is 1. The fourth-order valence-electron chi connectivity index (χ4n) is 3.07. The van der Waals surface area contributed by atoms with Crippen LogP contribution in [-0.4, -0.2) is 34.7 Å². The minimum Gasteiger partial charge on any atom is -0.320 e. The highest BCUT2D eigenvalue weighted by Gasteiger charge is 2.53. The largest absolute Gasteiger partial charge is 0.320 e. The highest BCUT2D eigenvalue weighted by Crippen LogP contribution is 2.50. The van der Waals surface area contributed by atoms with E-state index in [1.54, 1.807) is 6.33 Å². The minimum absolute atomic E-state index is 0.312. The molecule has 112 valence electrons. The van der Waals surface area contributed by atoms with Gasteiger partial charge in [-0.15, -0.1) is 10.2 Å². The van der Waals surface area contributed by atoms with Crippen LogP contribution in [0.3, 0.4) is 0 Å². The van der Waals surface area contributed by atoms with Crippen molar-refractivity contribution >= 4 is 25.8 Å². The molecule has 0 radical (unpaired) electrons. The summed E-state index contributed by atoms with van der Waals surface area (Å²) >= 11 is 3.48. The summed E-state index contributed by atoms with van der Waals surface area (Å²) in [7, 11) is -1.14. The molecule has 0 atom stereocenters. The molecule has 0 aliphatic heterocycles. The Kier molecular flexibility index (Phi) is 3.44. The number of hydrogen-bond acceptors (Lipinski definition) is 4. The zero-order chi connectivity index (χ0) is 15.3. The molecule has 1 heterocycles. The van der Waals surface area contributed by atoms with Crippen LogP contribution in [-0.2, 0) is 22.3 Å². The van der Waals surface area contributed by atoms with Crippen LogP contribution in [0.5, 0.6) is 0 Å². The number of halogens is 1. The van der Waals surface area contributed by atoms with Crippen LogP contribution in [0.4, 0.5) is 0 Å². The topological polar surface area (TPSA) is 64.8 Å². The van der Waals surface area contributed by atoms with Crippen LogP contribution in [0.1, 0.15) is 24.2 Å². The highest BCUT2D eigenvalue weighted by molar-refractivity contribution is 9.10. The number of nitrogens with zero attached hydrogens (tertiary/aromatic N) is 3. The maximum Gasteiger partial charge on any atom is 0.150 e. The summed E-state index contributed by atoms with van der Waals surface area (Å²) in [4.78, 5) is 0. The van der Waals surface area contributed by atoms with Gasteiger partial charge in [0.1, 0.15) is 22.0 Å². The molecular weight excluding hydrogens is 354 g/mol. The molecule has 1 aliphatic carbocycles. The Bertz CT molecular complexity index is 779. The van der Waals surface area contributed by atoms with Crippen molar-refractivity contribution < 1.29 is 8.42 Å². The zero-order valence-corrected chi connectivity index (χ0v) is 14.2. The van der Waals surface area contributed by atoms with Gasteiger partial charge in [-0.1, -0.05) is 28.1 Å². The first-order valence-electron chi connectivity index (χ1n) is 6.62. The molecule has 0 N–H and O–H groups in total. The van der Waals surface area contributed by atoms with Gasteiger partial charge in [0, 0.05) is 17.8 Å². The summed E-state index contributed by atoms with van der Waals surface area (Å²) in [5.41, 5.74) is 0.704. The molecule has 1 saturated carbocycles. The first-order chi connectivity index (χ1) is 9.83. The summed E-state index contributed by atoms with van der Waals surface area (Å²) < 4.78 is 26.5. The molecular formula is C14H16BrN3O2S. The second-order valence-corrected chi connectivity index (χ2v) is 8.96. The Morgan fingerprint density at radius 3 is 2.62 bits per heavy atom. The zero-order valence-electron chi connectivity index (χ0n) is 11.8. The molecule has 0 saturated heterocycles. The molecule has 1 aromatic heterocycles. The van der Waals surface area contributed by atoms with E-state index < -0.39 is 9.84 Å². The number of benzene rings is 1.